The molecule has 3 heteroatoms. The average Bonchev–Trinajstić information content (AvgIpc) is 3.25. The van der Waals surface area contributed by atoms with Crippen molar-refractivity contribution in [2.24, 2.45) is 0 Å². The van der Waals surface area contributed by atoms with Gasteiger partial charge in [0, 0.05) is 32.8 Å². The van der Waals surface area contributed by atoms with Gasteiger partial charge in [0.25, 0.3) is 0 Å². The Morgan fingerprint density at radius 2 is 2.00 bits per heavy atom. The minimum Gasteiger partial charge on any atom is -0.385 e. The summed E-state index contributed by atoms with van der Waals surface area (Å²) in [5.41, 5.74) is 2.95. The molecule has 0 unspecified atom stereocenters. The van der Waals surface area contributed by atoms with Crippen LogP contribution in [-0.2, 0) is 17.7 Å². The van der Waals surface area contributed by atoms with Crippen molar-refractivity contribution in [3.63, 3.8) is 0 Å². The van der Waals surface area contributed by atoms with E-state index in [1.54, 1.807) is 7.11 Å². The number of nitrogens with one attached hydrogen (secondary N) is 1. The second kappa shape index (κ2) is 8.40. The normalized spacial score (nSPS) is 14.9. The molecule has 1 saturated carbocycles. The quantitative estimate of drug-likeness (QED) is 0.664. The third-order valence-electron chi connectivity index (χ3n) is 3.85. The van der Waals surface area contributed by atoms with E-state index in [-0.39, 0.29) is 0 Å². The van der Waals surface area contributed by atoms with Crippen LogP contribution in [-0.4, -0.2) is 44.8 Å². The zero-order valence-electron chi connectivity index (χ0n) is 12.9. The highest BCUT2D eigenvalue weighted by Gasteiger charge is 2.19. The van der Waals surface area contributed by atoms with Gasteiger partial charge in [0.05, 0.1) is 0 Å². The highest BCUT2D eigenvalue weighted by Crippen LogP contribution is 2.19. The van der Waals surface area contributed by atoms with Gasteiger partial charge in [0.15, 0.2) is 0 Å². The third kappa shape index (κ3) is 5.61. The van der Waals surface area contributed by atoms with Crippen molar-refractivity contribution in [3.05, 3.63) is 35.4 Å². The van der Waals surface area contributed by atoms with Gasteiger partial charge in [-0.1, -0.05) is 24.3 Å². The van der Waals surface area contributed by atoms with Crippen LogP contribution in [0.5, 0.6) is 0 Å². The Morgan fingerprint density at radius 3 is 2.70 bits per heavy atom. The Bertz CT molecular complexity index is 390. The number of nitrogens with zero attached hydrogens (tertiary/aromatic N) is 1. The molecule has 3 nitrogen and oxygen atoms in total. The van der Waals surface area contributed by atoms with Gasteiger partial charge >= 0.3 is 0 Å². The average molecular weight is 276 g/mol. The van der Waals surface area contributed by atoms with Crippen molar-refractivity contribution in [2.75, 3.05) is 33.9 Å². The molecular weight excluding hydrogens is 248 g/mol. The van der Waals surface area contributed by atoms with E-state index in [2.05, 4.69) is 41.5 Å². The summed E-state index contributed by atoms with van der Waals surface area (Å²) in [6.45, 7) is 4.07. The zero-order chi connectivity index (χ0) is 14.2. The zero-order valence-corrected chi connectivity index (χ0v) is 12.9. The molecule has 20 heavy (non-hydrogen) atoms. The van der Waals surface area contributed by atoms with Gasteiger partial charge < -0.3 is 15.0 Å². The summed E-state index contributed by atoms with van der Waals surface area (Å²) in [7, 11) is 3.96. The lowest BCUT2D eigenvalue weighted by molar-refractivity contribution is 0.178. The van der Waals surface area contributed by atoms with Gasteiger partial charge in [0.2, 0.25) is 0 Å². The van der Waals surface area contributed by atoms with Gasteiger partial charge in [-0.15, -0.1) is 0 Å². The van der Waals surface area contributed by atoms with Crippen LogP contribution in [0, 0.1) is 0 Å². The summed E-state index contributed by atoms with van der Waals surface area (Å²) in [5, 5.41) is 3.60. The molecule has 0 aromatic heterocycles. The van der Waals surface area contributed by atoms with E-state index in [0.29, 0.717) is 0 Å². The summed E-state index contributed by atoms with van der Waals surface area (Å²) in [6.07, 6.45) is 4.96. The summed E-state index contributed by atoms with van der Waals surface area (Å²) in [6, 6.07) is 9.64. The van der Waals surface area contributed by atoms with Crippen LogP contribution in [0.15, 0.2) is 24.3 Å². The summed E-state index contributed by atoms with van der Waals surface area (Å²) in [5.74, 6) is 0. The first-order valence-corrected chi connectivity index (χ1v) is 7.77. The minimum atomic E-state index is 0.805. The first kappa shape index (κ1) is 15.5. The smallest absolute Gasteiger partial charge is 0.0474 e. The molecule has 0 spiro atoms. The molecule has 0 heterocycles. The van der Waals surface area contributed by atoms with Gasteiger partial charge in [-0.05, 0) is 50.4 Å². The first-order valence-electron chi connectivity index (χ1n) is 7.77. The maximum atomic E-state index is 5.11. The largest absolute Gasteiger partial charge is 0.385 e. The number of ether oxygens (including phenoxy) is 1. The van der Waals surface area contributed by atoms with E-state index in [9.17, 15) is 0 Å². The highest BCUT2D eigenvalue weighted by atomic mass is 16.5. The Kier molecular flexibility index (Phi) is 6.51. The van der Waals surface area contributed by atoms with Crippen LogP contribution in [0.3, 0.4) is 0 Å². The summed E-state index contributed by atoms with van der Waals surface area (Å²) < 4.78 is 5.11. The molecular formula is C17H28N2O. The van der Waals surface area contributed by atoms with Crippen molar-refractivity contribution >= 4 is 0 Å². The monoisotopic (exact) mass is 276 g/mol. The maximum Gasteiger partial charge on any atom is 0.0474 e. The van der Waals surface area contributed by atoms with Gasteiger partial charge in [-0.3, -0.25) is 0 Å². The Hall–Kier alpha value is -0.900. The van der Waals surface area contributed by atoms with Gasteiger partial charge in [-0.2, -0.15) is 0 Å². The van der Waals surface area contributed by atoms with Crippen LogP contribution < -0.4 is 5.32 Å². The lowest BCUT2D eigenvalue weighted by atomic mass is 10.0. The number of methoxy groups -OCH3 is 1. The fraction of sp³-hybridized carbons (Fsp3) is 0.647. The van der Waals surface area contributed by atoms with E-state index in [4.69, 9.17) is 4.74 Å². The number of benzene rings is 1. The molecule has 112 valence electrons. The van der Waals surface area contributed by atoms with Crippen molar-refractivity contribution in [3.8, 4) is 0 Å². The molecule has 0 aliphatic heterocycles. The van der Waals surface area contributed by atoms with Crippen LogP contribution >= 0.6 is 0 Å². The molecule has 1 aromatic carbocycles. The predicted molar refractivity (Wildman–Crippen MR) is 84.0 cm³/mol. The summed E-state index contributed by atoms with van der Waals surface area (Å²) in [4.78, 5) is 2.38. The van der Waals surface area contributed by atoms with Crippen LogP contribution in [0.4, 0.5) is 0 Å². The highest BCUT2D eigenvalue weighted by molar-refractivity contribution is 5.27. The van der Waals surface area contributed by atoms with Gasteiger partial charge in [0.1, 0.15) is 0 Å². The molecule has 0 radical (unpaired) electrons. The second-order valence-electron chi connectivity index (χ2n) is 5.83. The predicted octanol–water partition coefficient (Wildman–Crippen LogP) is 2.45. The molecule has 0 saturated heterocycles. The van der Waals surface area contributed by atoms with Crippen molar-refractivity contribution in [1.82, 2.24) is 10.2 Å². The first-order chi connectivity index (χ1) is 9.79. The maximum absolute atomic E-state index is 5.11. The van der Waals surface area contributed by atoms with Crippen LogP contribution in [0.2, 0.25) is 0 Å². The van der Waals surface area contributed by atoms with Crippen molar-refractivity contribution in [1.29, 1.82) is 0 Å². The molecule has 0 atom stereocenters. The number of hydrogen-bond donors (Lipinski definition) is 1. The molecule has 1 fully saturated rings. The van der Waals surface area contributed by atoms with Crippen LogP contribution in [0.1, 0.15) is 30.4 Å². The molecule has 1 N–H and O–H groups in total. The molecule has 1 aromatic rings. The topological polar surface area (TPSA) is 24.5 Å². The number of rotatable bonds is 10. The van der Waals surface area contributed by atoms with E-state index >= 15 is 0 Å². The third-order valence-corrected chi connectivity index (χ3v) is 3.85. The second-order valence-corrected chi connectivity index (χ2v) is 5.83. The van der Waals surface area contributed by atoms with E-state index in [1.165, 1.54) is 24.0 Å². The molecule has 2 rings (SSSR count). The van der Waals surface area contributed by atoms with Gasteiger partial charge in [-0.25, -0.2) is 0 Å². The standard InChI is InChI=1S/C17H28N2O/c1-19(12-5-13-20-2)14-16-7-4-3-6-15(16)10-11-18-17-8-9-17/h3-4,6-7,17-18H,5,8-14H2,1-2H3. The molecule has 0 amide bonds. The van der Waals surface area contributed by atoms with E-state index in [0.717, 1.165) is 45.1 Å². The Morgan fingerprint density at radius 1 is 1.25 bits per heavy atom. The minimum absolute atomic E-state index is 0.805. The fourth-order valence-electron chi connectivity index (χ4n) is 2.50. The summed E-state index contributed by atoms with van der Waals surface area (Å²) >= 11 is 0. The molecule has 0 bridgehead atoms. The molecule has 1 aliphatic carbocycles. The lowest BCUT2D eigenvalue weighted by Gasteiger charge is -2.19. The Balaban J connectivity index is 1.79. The fourth-order valence-corrected chi connectivity index (χ4v) is 2.50. The lowest BCUT2D eigenvalue weighted by Crippen LogP contribution is -2.22. The number of hydrogen-bond acceptors (Lipinski definition) is 3. The Labute approximate surface area is 123 Å². The molecule has 1 aliphatic rings. The van der Waals surface area contributed by atoms with Crippen molar-refractivity contribution < 1.29 is 4.74 Å². The SMILES string of the molecule is COCCCN(C)Cc1ccccc1CCNC1CC1. The van der Waals surface area contributed by atoms with Crippen LogP contribution in [0.25, 0.3) is 0 Å². The van der Waals surface area contributed by atoms with E-state index in [1.807, 2.05) is 0 Å². The van der Waals surface area contributed by atoms with Crippen molar-refractivity contribution in [2.45, 2.75) is 38.3 Å². The van der Waals surface area contributed by atoms with E-state index < -0.39 is 0 Å².